The number of benzene rings is 2. The molecular formula is C20H25FN2O4S. The Balaban J connectivity index is 2.03. The lowest BCUT2D eigenvalue weighted by Crippen LogP contribution is -2.50. The van der Waals surface area contributed by atoms with Crippen molar-refractivity contribution in [2.24, 2.45) is 0 Å². The van der Waals surface area contributed by atoms with Crippen molar-refractivity contribution in [2.45, 2.75) is 32.9 Å². The Labute approximate surface area is 165 Å². The third-order valence-electron chi connectivity index (χ3n) is 4.08. The number of carbonyl (C=O) groups is 1. The van der Waals surface area contributed by atoms with Crippen molar-refractivity contribution >= 4 is 21.6 Å². The van der Waals surface area contributed by atoms with Crippen LogP contribution in [0.1, 0.15) is 19.4 Å². The number of rotatable bonds is 8. The summed E-state index contributed by atoms with van der Waals surface area (Å²) < 4.78 is 44.2. The first kappa shape index (κ1) is 21.7. The SMILES string of the molecule is Cc1ccc(OCC(C)NC(=O)C(C)N(c2ccc(F)cc2)S(C)(=O)=O)cc1. The second-order valence-electron chi connectivity index (χ2n) is 6.74. The van der Waals surface area contributed by atoms with Gasteiger partial charge in [0.25, 0.3) is 0 Å². The molecule has 0 aliphatic carbocycles. The monoisotopic (exact) mass is 408 g/mol. The van der Waals surface area contributed by atoms with Gasteiger partial charge in [0, 0.05) is 0 Å². The molecule has 0 aliphatic rings. The molecule has 0 heterocycles. The Hall–Kier alpha value is -2.61. The van der Waals surface area contributed by atoms with Crippen molar-refractivity contribution in [3.05, 3.63) is 59.9 Å². The summed E-state index contributed by atoms with van der Waals surface area (Å²) in [5.74, 6) is -0.283. The van der Waals surface area contributed by atoms with Gasteiger partial charge in [-0.15, -0.1) is 0 Å². The van der Waals surface area contributed by atoms with Crippen molar-refractivity contribution in [3.8, 4) is 5.75 Å². The number of ether oxygens (including phenoxy) is 1. The van der Waals surface area contributed by atoms with Crippen molar-refractivity contribution < 1.29 is 22.3 Å². The molecule has 0 fully saturated rings. The highest BCUT2D eigenvalue weighted by molar-refractivity contribution is 7.92. The molecule has 2 unspecified atom stereocenters. The number of aryl methyl sites for hydroxylation is 1. The lowest BCUT2D eigenvalue weighted by molar-refractivity contribution is -0.122. The second-order valence-corrected chi connectivity index (χ2v) is 8.60. The maximum Gasteiger partial charge on any atom is 0.243 e. The molecule has 0 saturated carbocycles. The van der Waals surface area contributed by atoms with Gasteiger partial charge < -0.3 is 10.1 Å². The Morgan fingerprint density at radius 2 is 1.68 bits per heavy atom. The van der Waals surface area contributed by atoms with E-state index in [0.717, 1.165) is 28.3 Å². The van der Waals surface area contributed by atoms with Gasteiger partial charge in [0.15, 0.2) is 0 Å². The molecule has 8 heteroatoms. The van der Waals surface area contributed by atoms with Gasteiger partial charge in [-0.1, -0.05) is 17.7 Å². The van der Waals surface area contributed by atoms with Gasteiger partial charge in [-0.3, -0.25) is 9.10 Å². The molecule has 2 aromatic carbocycles. The standard InChI is InChI=1S/C20H25FN2O4S/c1-14-5-11-19(12-6-14)27-13-15(2)22-20(24)16(3)23(28(4,25)26)18-9-7-17(21)8-10-18/h5-12,15-16H,13H2,1-4H3,(H,22,24). The van der Waals surface area contributed by atoms with Crippen LogP contribution in [0.3, 0.4) is 0 Å². The highest BCUT2D eigenvalue weighted by atomic mass is 32.2. The third-order valence-corrected chi connectivity index (χ3v) is 5.32. The molecule has 0 aliphatic heterocycles. The first-order valence-electron chi connectivity index (χ1n) is 8.82. The van der Waals surface area contributed by atoms with Crippen molar-refractivity contribution in [2.75, 3.05) is 17.2 Å². The third kappa shape index (κ3) is 5.95. The molecule has 0 radical (unpaired) electrons. The van der Waals surface area contributed by atoms with Crippen LogP contribution >= 0.6 is 0 Å². The molecule has 0 spiro atoms. The van der Waals surface area contributed by atoms with Crippen LogP contribution in [0.15, 0.2) is 48.5 Å². The summed E-state index contributed by atoms with van der Waals surface area (Å²) in [5.41, 5.74) is 1.33. The van der Waals surface area contributed by atoms with E-state index in [9.17, 15) is 17.6 Å². The van der Waals surface area contributed by atoms with Gasteiger partial charge in [0.05, 0.1) is 18.0 Å². The zero-order chi connectivity index (χ0) is 20.9. The highest BCUT2D eigenvalue weighted by Crippen LogP contribution is 2.21. The Bertz CT molecular complexity index is 899. The van der Waals surface area contributed by atoms with Crippen LogP contribution in [-0.4, -0.2) is 39.3 Å². The van der Waals surface area contributed by atoms with Gasteiger partial charge in [0.2, 0.25) is 15.9 Å². The fourth-order valence-corrected chi connectivity index (χ4v) is 3.83. The maximum absolute atomic E-state index is 13.2. The predicted octanol–water partition coefficient (Wildman–Crippen LogP) is 2.87. The fraction of sp³-hybridized carbons (Fsp3) is 0.350. The van der Waals surface area contributed by atoms with E-state index in [4.69, 9.17) is 4.74 Å². The Morgan fingerprint density at radius 1 is 1.11 bits per heavy atom. The number of sulfonamides is 1. The fourth-order valence-electron chi connectivity index (χ4n) is 2.66. The van der Waals surface area contributed by atoms with E-state index in [1.54, 1.807) is 6.92 Å². The molecule has 2 rings (SSSR count). The highest BCUT2D eigenvalue weighted by Gasteiger charge is 2.29. The van der Waals surface area contributed by atoms with Gasteiger partial charge in [-0.2, -0.15) is 0 Å². The van der Waals surface area contributed by atoms with Crippen LogP contribution < -0.4 is 14.4 Å². The lowest BCUT2D eigenvalue weighted by atomic mass is 10.2. The molecule has 0 bridgehead atoms. The Morgan fingerprint density at radius 3 is 2.21 bits per heavy atom. The first-order chi connectivity index (χ1) is 13.1. The average Bonchev–Trinajstić information content (AvgIpc) is 2.62. The summed E-state index contributed by atoms with van der Waals surface area (Å²) in [4.78, 5) is 12.6. The number of halogens is 1. The molecule has 0 aromatic heterocycles. The predicted molar refractivity (Wildman–Crippen MR) is 107 cm³/mol. The molecule has 152 valence electrons. The minimum Gasteiger partial charge on any atom is -0.491 e. The first-order valence-corrected chi connectivity index (χ1v) is 10.7. The van der Waals surface area contributed by atoms with Crippen LogP contribution in [0.25, 0.3) is 0 Å². The van der Waals surface area contributed by atoms with E-state index >= 15 is 0 Å². The second kappa shape index (κ2) is 9.05. The number of hydrogen-bond acceptors (Lipinski definition) is 4. The van der Waals surface area contributed by atoms with E-state index < -0.39 is 27.8 Å². The largest absolute Gasteiger partial charge is 0.491 e. The number of hydrogen-bond donors (Lipinski definition) is 1. The van der Waals surface area contributed by atoms with E-state index in [1.807, 2.05) is 31.2 Å². The smallest absolute Gasteiger partial charge is 0.243 e. The molecule has 1 amide bonds. The normalized spacial score (nSPS) is 13.5. The van der Waals surface area contributed by atoms with Crippen molar-refractivity contribution in [1.29, 1.82) is 0 Å². The molecule has 0 saturated heterocycles. The molecule has 1 N–H and O–H groups in total. The van der Waals surface area contributed by atoms with Crippen molar-refractivity contribution in [3.63, 3.8) is 0 Å². The summed E-state index contributed by atoms with van der Waals surface area (Å²) in [5, 5.41) is 2.75. The van der Waals surface area contributed by atoms with Crippen LogP contribution in [-0.2, 0) is 14.8 Å². The van der Waals surface area contributed by atoms with E-state index in [-0.39, 0.29) is 18.3 Å². The number of carbonyl (C=O) groups excluding carboxylic acids is 1. The number of amides is 1. The van der Waals surface area contributed by atoms with Gasteiger partial charge in [-0.05, 0) is 57.2 Å². The van der Waals surface area contributed by atoms with Crippen LogP contribution in [0.4, 0.5) is 10.1 Å². The zero-order valence-electron chi connectivity index (χ0n) is 16.3. The molecule has 2 atom stereocenters. The van der Waals surface area contributed by atoms with E-state index in [0.29, 0.717) is 5.75 Å². The summed E-state index contributed by atoms with van der Waals surface area (Å²) in [6.45, 7) is 5.45. The molecule has 2 aromatic rings. The minimum atomic E-state index is -3.75. The quantitative estimate of drug-likeness (QED) is 0.729. The summed E-state index contributed by atoms with van der Waals surface area (Å²) in [7, 11) is -3.75. The van der Waals surface area contributed by atoms with Crippen LogP contribution in [0.5, 0.6) is 5.75 Å². The molecule has 6 nitrogen and oxygen atoms in total. The maximum atomic E-state index is 13.2. The summed E-state index contributed by atoms with van der Waals surface area (Å²) >= 11 is 0. The number of nitrogens with one attached hydrogen (secondary N) is 1. The summed E-state index contributed by atoms with van der Waals surface area (Å²) in [6.07, 6.45) is 1.00. The molecule has 28 heavy (non-hydrogen) atoms. The Kier molecular flexibility index (Phi) is 7.01. The van der Waals surface area contributed by atoms with Gasteiger partial charge in [0.1, 0.15) is 24.2 Å². The number of anilines is 1. The van der Waals surface area contributed by atoms with E-state index in [1.165, 1.54) is 19.1 Å². The van der Waals surface area contributed by atoms with E-state index in [2.05, 4.69) is 5.32 Å². The van der Waals surface area contributed by atoms with Crippen LogP contribution in [0.2, 0.25) is 0 Å². The van der Waals surface area contributed by atoms with Gasteiger partial charge >= 0.3 is 0 Å². The van der Waals surface area contributed by atoms with Crippen LogP contribution in [0, 0.1) is 12.7 Å². The number of nitrogens with zero attached hydrogens (tertiary/aromatic N) is 1. The average molecular weight is 408 g/mol. The van der Waals surface area contributed by atoms with Crippen molar-refractivity contribution in [1.82, 2.24) is 5.32 Å². The zero-order valence-corrected chi connectivity index (χ0v) is 17.2. The minimum absolute atomic E-state index is 0.218. The van der Waals surface area contributed by atoms with Gasteiger partial charge in [-0.25, -0.2) is 12.8 Å². The lowest BCUT2D eigenvalue weighted by Gasteiger charge is -2.29. The topological polar surface area (TPSA) is 75.7 Å². The summed E-state index contributed by atoms with van der Waals surface area (Å²) in [6, 6.07) is 11.1. The molecular weight excluding hydrogens is 383 g/mol.